The Labute approximate surface area is 97.4 Å². The molecular weight excluding hydrogens is 194 g/mol. The van der Waals surface area contributed by atoms with E-state index in [1.54, 1.807) is 0 Å². The summed E-state index contributed by atoms with van der Waals surface area (Å²) in [6.45, 7) is 6.42. The first kappa shape index (κ1) is 10.9. The zero-order valence-electron chi connectivity index (χ0n) is 10.4. The van der Waals surface area contributed by atoms with Gasteiger partial charge < -0.3 is 0 Å². The van der Waals surface area contributed by atoms with Crippen LogP contribution < -0.4 is 4.57 Å². The lowest BCUT2D eigenvalue weighted by Gasteiger charge is -2.05. The van der Waals surface area contributed by atoms with Crippen molar-refractivity contribution < 1.29 is 4.57 Å². The van der Waals surface area contributed by atoms with Crippen LogP contribution in [0.3, 0.4) is 0 Å². The number of aryl methyl sites for hydroxylation is 4. The Bertz CT molecular complexity index is 527. The van der Waals surface area contributed by atoms with Crippen molar-refractivity contribution in [1.29, 1.82) is 0 Å². The lowest BCUT2D eigenvalue weighted by Crippen LogP contribution is -2.31. The summed E-state index contributed by atoms with van der Waals surface area (Å²) in [5, 5.41) is 0. The van der Waals surface area contributed by atoms with Gasteiger partial charge in [-0.25, -0.2) is 4.57 Å². The van der Waals surface area contributed by atoms with Gasteiger partial charge in [-0.05, 0) is 38.5 Å². The molecule has 0 atom stereocenters. The Morgan fingerprint density at radius 1 is 0.875 bits per heavy atom. The number of benzene rings is 1. The Kier molecular flexibility index (Phi) is 2.78. The SMILES string of the molecule is Cc1ccc(C)c(-c2ccc(C)c[n+]2C)c1. The van der Waals surface area contributed by atoms with Gasteiger partial charge in [0.1, 0.15) is 7.05 Å². The summed E-state index contributed by atoms with van der Waals surface area (Å²) in [6.07, 6.45) is 2.16. The molecule has 1 aromatic heterocycles. The van der Waals surface area contributed by atoms with Gasteiger partial charge in [-0.2, -0.15) is 0 Å². The van der Waals surface area contributed by atoms with E-state index in [9.17, 15) is 0 Å². The average Bonchev–Trinajstić information content (AvgIpc) is 2.22. The molecule has 0 radical (unpaired) electrons. The van der Waals surface area contributed by atoms with E-state index in [1.807, 2.05) is 0 Å². The molecule has 0 amide bonds. The van der Waals surface area contributed by atoms with Gasteiger partial charge in [0.2, 0.25) is 5.69 Å². The van der Waals surface area contributed by atoms with Crippen LogP contribution in [0.25, 0.3) is 11.3 Å². The summed E-state index contributed by atoms with van der Waals surface area (Å²) in [6, 6.07) is 11.0. The van der Waals surface area contributed by atoms with E-state index in [1.165, 1.54) is 27.9 Å². The fourth-order valence-corrected chi connectivity index (χ4v) is 2.04. The molecule has 0 aliphatic rings. The molecule has 2 rings (SSSR count). The van der Waals surface area contributed by atoms with Gasteiger partial charge in [-0.15, -0.1) is 0 Å². The minimum atomic E-state index is 1.27. The van der Waals surface area contributed by atoms with Crippen LogP contribution in [0.1, 0.15) is 16.7 Å². The summed E-state index contributed by atoms with van der Waals surface area (Å²) in [4.78, 5) is 0. The van der Waals surface area contributed by atoms with Crippen molar-refractivity contribution in [3.63, 3.8) is 0 Å². The monoisotopic (exact) mass is 212 g/mol. The number of nitrogens with zero attached hydrogens (tertiary/aromatic N) is 1. The van der Waals surface area contributed by atoms with Gasteiger partial charge in [-0.3, -0.25) is 0 Å². The Morgan fingerprint density at radius 3 is 2.25 bits per heavy atom. The standard InChI is InChI=1S/C15H18N/c1-11-5-7-13(3)14(9-11)15-8-6-12(2)10-16(15)4/h5-10H,1-4H3/q+1. The van der Waals surface area contributed by atoms with Crippen molar-refractivity contribution in [3.8, 4) is 11.3 Å². The quantitative estimate of drug-likeness (QED) is 0.639. The van der Waals surface area contributed by atoms with E-state index in [0.29, 0.717) is 0 Å². The number of hydrogen-bond donors (Lipinski definition) is 0. The molecule has 0 aliphatic carbocycles. The van der Waals surface area contributed by atoms with E-state index in [0.717, 1.165) is 0 Å². The number of hydrogen-bond acceptors (Lipinski definition) is 0. The van der Waals surface area contributed by atoms with Gasteiger partial charge in [0, 0.05) is 17.2 Å². The van der Waals surface area contributed by atoms with Gasteiger partial charge in [0.25, 0.3) is 0 Å². The van der Waals surface area contributed by atoms with E-state index in [-0.39, 0.29) is 0 Å². The molecule has 0 N–H and O–H groups in total. The summed E-state index contributed by atoms with van der Waals surface area (Å²) in [5.74, 6) is 0. The molecule has 0 saturated heterocycles. The van der Waals surface area contributed by atoms with Crippen molar-refractivity contribution >= 4 is 0 Å². The summed E-state index contributed by atoms with van der Waals surface area (Å²) < 4.78 is 2.19. The minimum absolute atomic E-state index is 1.27. The summed E-state index contributed by atoms with van der Waals surface area (Å²) in [5.41, 5.74) is 6.51. The van der Waals surface area contributed by atoms with E-state index in [4.69, 9.17) is 0 Å². The van der Waals surface area contributed by atoms with Gasteiger partial charge >= 0.3 is 0 Å². The third-order valence-electron chi connectivity index (χ3n) is 2.95. The largest absolute Gasteiger partial charge is 0.212 e. The highest BCUT2D eigenvalue weighted by Crippen LogP contribution is 2.21. The predicted octanol–water partition coefficient (Wildman–Crippen LogP) is 3.10. The highest BCUT2D eigenvalue weighted by Gasteiger charge is 2.11. The predicted molar refractivity (Wildman–Crippen MR) is 67.3 cm³/mol. The highest BCUT2D eigenvalue weighted by atomic mass is 14.9. The molecule has 16 heavy (non-hydrogen) atoms. The van der Waals surface area contributed by atoms with Crippen molar-refractivity contribution in [1.82, 2.24) is 0 Å². The van der Waals surface area contributed by atoms with Crippen LogP contribution >= 0.6 is 0 Å². The molecule has 0 saturated carbocycles. The van der Waals surface area contributed by atoms with Crippen LogP contribution in [0.4, 0.5) is 0 Å². The van der Waals surface area contributed by atoms with Crippen LogP contribution in [-0.2, 0) is 7.05 Å². The Balaban J connectivity index is 2.62. The Morgan fingerprint density at radius 2 is 1.56 bits per heavy atom. The smallest absolute Gasteiger partial charge is 0.201 e. The molecular formula is C15H18N+. The van der Waals surface area contributed by atoms with Crippen molar-refractivity contribution in [2.75, 3.05) is 0 Å². The van der Waals surface area contributed by atoms with Gasteiger partial charge in [-0.1, -0.05) is 17.7 Å². The molecule has 1 nitrogen and oxygen atoms in total. The maximum Gasteiger partial charge on any atom is 0.212 e. The average molecular weight is 212 g/mol. The normalized spacial score (nSPS) is 10.5. The molecule has 2 aromatic rings. The lowest BCUT2D eigenvalue weighted by molar-refractivity contribution is -0.660. The van der Waals surface area contributed by atoms with E-state index >= 15 is 0 Å². The van der Waals surface area contributed by atoms with E-state index < -0.39 is 0 Å². The highest BCUT2D eigenvalue weighted by molar-refractivity contribution is 5.61. The fourth-order valence-electron chi connectivity index (χ4n) is 2.04. The van der Waals surface area contributed by atoms with Crippen LogP contribution in [0, 0.1) is 20.8 Å². The molecule has 1 heteroatoms. The first-order valence-electron chi connectivity index (χ1n) is 5.62. The van der Waals surface area contributed by atoms with Gasteiger partial charge in [0.05, 0.1) is 0 Å². The minimum Gasteiger partial charge on any atom is -0.201 e. The number of rotatable bonds is 1. The van der Waals surface area contributed by atoms with E-state index in [2.05, 4.69) is 68.9 Å². The zero-order valence-corrected chi connectivity index (χ0v) is 10.4. The maximum atomic E-state index is 2.25. The third kappa shape index (κ3) is 1.99. The lowest BCUT2D eigenvalue weighted by atomic mass is 10.0. The third-order valence-corrected chi connectivity index (χ3v) is 2.95. The molecule has 0 bridgehead atoms. The van der Waals surface area contributed by atoms with Crippen molar-refractivity contribution in [3.05, 3.63) is 53.2 Å². The molecule has 82 valence electrons. The van der Waals surface area contributed by atoms with Crippen LogP contribution in [0.5, 0.6) is 0 Å². The molecule has 1 aromatic carbocycles. The van der Waals surface area contributed by atoms with Gasteiger partial charge in [0.15, 0.2) is 6.20 Å². The summed E-state index contributed by atoms with van der Waals surface area (Å²) in [7, 11) is 2.10. The van der Waals surface area contributed by atoms with Crippen LogP contribution in [0.2, 0.25) is 0 Å². The zero-order chi connectivity index (χ0) is 11.7. The van der Waals surface area contributed by atoms with Crippen molar-refractivity contribution in [2.45, 2.75) is 20.8 Å². The maximum absolute atomic E-state index is 2.25. The Hall–Kier alpha value is -1.63. The molecule has 1 heterocycles. The first-order valence-corrected chi connectivity index (χ1v) is 5.62. The van der Waals surface area contributed by atoms with Crippen LogP contribution in [0.15, 0.2) is 36.5 Å². The molecule has 0 spiro atoms. The summed E-state index contributed by atoms with van der Waals surface area (Å²) >= 11 is 0. The molecule has 0 unspecified atom stereocenters. The van der Waals surface area contributed by atoms with Crippen LogP contribution in [-0.4, -0.2) is 0 Å². The second-order valence-corrected chi connectivity index (χ2v) is 4.52. The number of pyridine rings is 1. The molecule has 0 aliphatic heterocycles. The first-order chi connectivity index (χ1) is 7.58. The fraction of sp³-hybridized carbons (Fsp3) is 0.267. The molecule has 0 fully saturated rings. The topological polar surface area (TPSA) is 3.88 Å². The number of aromatic nitrogens is 1. The van der Waals surface area contributed by atoms with Crippen molar-refractivity contribution in [2.24, 2.45) is 7.05 Å². The second-order valence-electron chi connectivity index (χ2n) is 4.52. The second kappa shape index (κ2) is 4.09.